The van der Waals surface area contributed by atoms with Gasteiger partial charge in [0.1, 0.15) is 10.6 Å². The second kappa shape index (κ2) is 6.03. The van der Waals surface area contributed by atoms with Gasteiger partial charge in [-0.25, -0.2) is 4.98 Å². The number of amides is 1. The van der Waals surface area contributed by atoms with Crippen LogP contribution in [0.1, 0.15) is 41.0 Å². The summed E-state index contributed by atoms with van der Waals surface area (Å²) in [6, 6.07) is 10.3. The Hall–Kier alpha value is -2.55. The van der Waals surface area contributed by atoms with Gasteiger partial charge in [-0.1, -0.05) is 12.1 Å². The van der Waals surface area contributed by atoms with E-state index in [0.717, 1.165) is 44.1 Å². The van der Waals surface area contributed by atoms with Crippen LogP contribution in [-0.2, 0) is 5.60 Å². The maximum Gasteiger partial charge on any atom is 0.255 e. The first kappa shape index (κ1) is 18.1. The van der Waals surface area contributed by atoms with Crippen molar-refractivity contribution >= 4 is 38.8 Å². The highest BCUT2D eigenvalue weighted by Gasteiger charge is 2.74. The molecule has 8 heteroatoms. The predicted molar refractivity (Wildman–Crippen MR) is 120 cm³/mol. The van der Waals surface area contributed by atoms with E-state index in [1.807, 2.05) is 35.8 Å². The van der Waals surface area contributed by atoms with Gasteiger partial charge >= 0.3 is 0 Å². The molecule has 4 atom stereocenters. The number of nitrogens with zero attached hydrogens (tertiary/aromatic N) is 3. The Bertz CT molecular complexity index is 1300. The fourth-order valence-electron chi connectivity index (χ4n) is 6.07. The number of aromatic amines is 1. The Kier molecular flexibility index (Phi) is 3.51. The number of hydrogen-bond acceptors (Lipinski definition) is 6. The van der Waals surface area contributed by atoms with Gasteiger partial charge in [-0.3, -0.25) is 9.89 Å². The summed E-state index contributed by atoms with van der Waals surface area (Å²) < 4.78 is 1.10. The molecular formula is C23H20N4O2S2. The average Bonchev–Trinajstić information content (AvgIpc) is 3.55. The van der Waals surface area contributed by atoms with Gasteiger partial charge in [-0.15, -0.1) is 22.7 Å². The molecule has 7 rings (SSSR count). The molecule has 6 nitrogen and oxygen atoms in total. The number of para-hydroxylation sites is 1. The SMILES string of the molecule is O=C(c1csc(-c2cn[nH]c2)c1)N1C2CCC23CC(O)(c2nc4ccccc4s2)CC13. The summed E-state index contributed by atoms with van der Waals surface area (Å²) in [4.78, 5) is 21.3. The molecule has 4 aromatic rings. The van der Waals surface area contributed by atoms with Crippen molar-refractivity contribution in [3.63, 3.8) is 0 Å². The molecule has 2 N–H and O–H groups in total. The first-order chi connectivity index (χ1) is 15.1. The Morgan fingerprint density at radius 1 is 1.29 bits per heavy atom. The largest absolute Gasteiger partial charge is 0.383 e. The average molecular weight is 449 g/mol. The van der Waals surface area contributed by atoms with Crippen LogP contribution in [-0.4, -0.2) is 43.2 Å². The molecule has 2 saturated carbocycles. The Morgan fingerprint density at radius 2 is 2.19 bits per heavy atom. The lowest BCUT2D eigenvalue weighted by Gasteiger charge is -2.68. The number of benzene rings is 1. The van der Waals surface area contributed by atoms with Gasteiger partial charge in [0.15, 0.2) is 0 Å². The number of piperidine rings is 1. The van der Waals surface area contributed by atoms with Crippen molar-refractivity contribution in [2.45, 2.75) is 43.4 Å². The number of likely N-dealkylation sites (tertiary alicyclic amines) is 1. The first-order valence-electron chi connectivity index (χ1n) is 10.6. The van der Waals surface area contributed by atoms with E-state index in [9.17, 15) is 9.90 Å². The minimum Gasteiger partial charge on any atom is -0.383 e. The molecule has 31 heavy (non-hydrogen) atoms. The fraction of sp³-hybridized carbons (Fsp3) is 0.348. The number of fused-ring (bicyclic) bond motifs is 1. The third kappa shape index (κ3) is 2.32. The molecule has 3 aliphatic rings. The van der Waals surface area contributed by atoms with Crippen LogP contribution in [0.4, 0.5) is 0 Å². The topological polar surface area (TPSA) is 82.1 Å². The number of carbonyl (C=O) groups excluding carboxylic acids is 1. The molecule has 4 heterocycles. The molecule has 0 radical (unpaired) electrons. The van der Waals surface area contributed by atoms with E-state index in [2.05, 4.69) is 21.2 Å². The zero-order valence-electron chi connectivity index (χ0n) is 16.6. The maximum absolute atomic E-state index is 13.4. The van der Waals surface area contributed by atoms with Crippen LogP contribution in [0, 0.1) is 5.41 Å². The van der Waals surface area contributed by atoms with Crippen molar-refractivity contribution in [2.75, 3.05) is 0 Å². The quantitative estimate of drug-likeness (QED) is 0.487. The lowest BCUT2D eigenvalue weighted by atomic mass is 9.53. The Balaban J connectivity index is 1.19. The van der Waals surface area contributed by atoms with E-state index in [4.69, 9.17) is 4.98 Å². The van der Waals surface area contributed by atoms with Crippen LogP contribution in [0.25, 0.3) is 20.7 Å². The smallest absolute Gasteiger partial charge is 0.255 e. The van der Waals surface area contributed by atoms with Crippen LogP contribution in [0.5, 0.6) is 0 Å². The van der Waals surface area contributed by atoms with Crippen LogP contribution >= 0.6 is 22.7 Å². The molecule has 1 aromatic carbocycles. The normalized spacial score (nSPS) is 31.2. The summed E-state index contributed by atoms with van der Waals surface area (Å²) in [7, 11) is 0. The Morgan fingerprint density at radius 3 is 2.97 bits per heavy atom. The number of H-pyrrole nitrogens is 1. The van der Waals surface area contributed by atoms with Crippen molar-refractivity contribution in [2.24, 2.45) is 5.41 Å². The number of thiophene rings is 1. The highest BCUT2D eigenvalue weighted by atomic mass is 32.1. The van der Waals surface area contributed by atoms with Crippen molar-refractivity contribution < 1.29 is 9.90 Å². The third-order valence-corrected chi connectivity index (χ3v) is 9.80. The van der Waals surface area contributed by atoms with Crippen LogP contribution in [0.15, 0.2) is 48.1 Å². The summed E-state index contributed by atoms with van der Waals surface area (Å²) in [6.45, 7) is 0. The number of nitrogens with one attached hydrogen (secondary N) is 1. The molecule has 4 unspecified atom stereocenters. The monoisotopic (exact) mass is 448 g/mol. The van der Waals surface area contributed by atoms with E-state index in [1.165, 1.54) is 0 Å². The van der Waals surface area contributed by atoms with E-state index < -0.39 is 5.60 Å². The first-order valence-corrected chi connectivity index (χ1v) is 12.3. The standard InChI is InChI=1S/C23H20N4O2S2/c28-20(13-7-17(30-11-13)14-9-24-25-10-14)27-18-5-6-22(18)12-23(29,8-19(22)27)21-26-15-3-1-2-4-16(15)31-21/h1-4,7,9-11,18-19,29H,5-6,8,12H2,(H,24,25). The summed E-state index contributed by atoms with van der Waals surface area (Å²) in [6.07, 6.45) is 7.02. The number of hydrogen-bond donors (Lipinski definition) is 2. The molecule has 2 aliphatic carbocycles. The van der Waals surface area contributed by atoms with Gasteiger partial charge in [-0.2, -0.15) is 5.10 Å². The molecule has 156 valence electrons. The molecule has 1 aliphatic heterocycles. The number of thiazole rings is 1. The zero-order valence-corrected chi connectivity index (χ0v) is 18.2. The Labute approximate surface area is 186 Å². The summed E-state index contributed by atoms with van der Waals surface area (Å²) in [5, 5.41) is 21.2. The number of rotatable bonds is 3. The van der Waals surface area contributed by atoms with E-state index in [0.29, 0.717) is 12.8 Å². The second-order valence-electron chi connectivity index (χ2n) is 9.10. The minimum absolute atomic E-state index is 0.0612. The van der Waals surface area contributed by atoms with Crippen LogP contribution in [0.3, 0.4) is 0 Å². The summed E-state index contributed by atoms with van der Waals surface area (Å²) in [5.41, 5.74) is 1.79. The van der Waals surface area contributed by atoms with Crippen molar-refractivity contribution in [1.29, 1.82) is 0 Å². The molecule has 3 aromatic heterocycles. The molecule has 3 fully saturated rings. The van der Waals surface area contributed by atoms with Gasteiger partial charge in [0.2, 0.25) is 0 Å². The highest BCUT2D eigenvalue weighted by Crippen LogP contribution is 2.69. The number of carbonyl (C=O) groups is 1. The number of aliphatic hydroxyl groups is 1. The fourth-order valence-corrected chi connectivity index (χ4v) is 8.00. The zero-order chi connectivity index (χ0) is 20.8. The lowest BCUT2D eigenvalue weighted by molar-refractivity contribution is -0.162. The molecule has 0 bridgehead atoms. The minimum atomic E-state index is -0.946. The third-order valence-electron chi connectivity index (χ3n) is 7.59. The van der Waals surface area contributed by atoms with Crippen molar-refractivity contribution in [3.05, 3.63) is 58.7 Å². The second-order valence-corrected chi connectivity index (χ2v) is 11.0. The van der Waals surface area contributed by atoms with Gasteiger partial charge in [0.25, 0.3) is 5.91 Å². The van der Waals surface area contributed by atoms with Gasteiger partial charge in [-0.05, 0) is 37.5 Å². The molecular weight excluding hydrogens is 428 g/mol. The van der Waals surface area contributed by atoms with Crippen molar-refractivity contribution in [1.82, 2.24) is 20.1 Å². The summed E-state index contributed by atoms with van der Waals surface area (Å²) >= 11 is 3.15. The summed E-state index contributed by atoms with van der Waals surface area (Å²) in [5.74, 6) is 0.0878. The maximum atomic E-state index is 13.4. The van der Waals surface area contributed by atoms with Gasteiger partial charge in [0, 0.05) is 45.9 Å². The van der Waals surface area contributed by atoms with Crippen LogP contribution < -0.4 is 0 Å². The van der Waals surface area contributed by atoms with Gasteiger partial charge < -0.3 is 10.0 Å². The van der Waals surface area contributed by atoms with E-state index in [1.54, 1.807) is 28.9 Å². The number of aromatic nitrogens is 3. The van der Waals surface area contributed by atoms with Gasteiger partial charge in [0.05, 0.1) is 22.0 Å². The lowest BCUT2D eigenvalue weighted by Crippen LogP contribution is -2.75. The van der Waals surface area contributed by atoms with E-state index >= 15 is 0 Å². The highest BCUT2D eigenvalue weighted by molar-refractivity contribution is 7.18. The van der Waals surface area contributed by atoms with Crippen molar-refractivity contribution in [3.8, 4) is 10.4 Å². The predicted octanol–water partition coefficient (Wildman–Crippen LogP) is 4.40. The molecule has 1 saturated heterocycles. The molecule has 1 amide bonds. The van der Waals surface area contributed by atoms with E-state index in [-0.39, 0.29) is 23.4 Å². The molecule has 1 spiro atoms. The van der Waals surface area contributed by atoms with Crippen LogP contribution in [0.2, 0.25) is 0 Å².